The number of carbonyl (C=O) groups is 1. The lowest BCUT2D eigenvalue weighted by Gasteiger charge is -2.09. The number of halogens is 1. The highest BCUT2D eigenvalue weighted by molar-refractivity contribution is 5.76. The number of hydrogen-bond acceptors (Lipinski definition) is 3. The lowest BCUT2D eigenvalue weighted by Crippen LogP contribution is -2.22. The molecule has 4 nitrogen and oxygen atoms in total. The van der Waals surface area contributed by atoms with E-state index in [0.717, 1.165) is 6.20 Å². The van der Waals surface area contributed by atoms with Crippen LogP contribution >= 0.6 is 0 Å². The van der Waals surface area contributed by atoms with Gasteiger partial charge in [0.25, 0.3) is 0 Å². The first-order valence-electron chi connectivity index (χ1n) is 3.69. The number of carboxylic acid groups (broad SMARTS) is 1. The SMILES string of the molecule is NCC(C(=O)O)c1ccncc1F. The van der Waals surface area contributed by atoms with Crippen molar-refractivity contribution < 1.29 is 14.3 Å². The second-order valence-corrected chi connectivity index (χ2v) is 2.52. The van der Waals surface area contributed by atoms with Gasteiger partial charge in [-0.05, 0) is 6.07 Å². The van der Waals surface area contributed by atoms with E-state index in [-0.39, 0.29) is 12.1 Å². The summed E-state index contributed by atoms with van der Waals surface area (Å²) in [6.45, 7) is -0.129. The molecule has 1 atom stereocenters. The molecule has 0 amide bonds. The third-order valence-corrected chi connectivity index (χ3v) is 1.71. The minimum atomic E-state index is -1.13. The second-order valence-electron chi connectivity index (χ2n) is 2.52. The van der Waals surface area contributed by atoms with Gasteiger partial charge in [0.1, 0.15) is 5.82 Å². The zero-order valence-corrected chi connectivity index (χ0v) is 6.77. The Morgan fingerprint density at radius 3 is 2.92 bits per heavy atom. The summed E-state index contributed by atoms with van der Waals surface area (Å²) in [4.78, 5) is 14.1. The molecule has 13 heavy (non-hydrogen) atoms. The first kappa shape index (κ1) is 9.60. The summed E-state index contributed by atoms with van der Waals surface area (Å²) in [7, 11) is 0. The van der Waals surface area contributed by atoms with Crippen LogP contribution in [0.15, 0.2) is 18.5 Å². The van der Waals surface area contributed by atoms with Crippen molar-refractivity contribution in [1.29, 1.82) is 0 Å². The number of rotatable bonds is 3. The second kappa shape index (κ2) is 3.95. The van der Waals surface area contributed by atoms with Crippen molar-refractivity contribution in [3.8, 4) is 0 Å². The van der Waals surface area contributed by atoms with Gasteiger partial charge < -0.3 is 10.8 Å². The van der Waals surface area contributed by atoms with Crippen molar-refractivity contribution in [2.24, 2.45) is 5.73 Å². The van der Waals surface area contributed by atoms with Crippen molar-refractivity contribution in [3.63, 3.8) is 0 Å². The normalized spacial score (nSPS) is 12.5. The highest BCUT2D eigenvalue weighted by atomic mass is 19.1. The molecule has 5 heteroatoms. The monoisotopic (exact) mass is 184 g/mol. The van der Waals surface area contributed by atoms with Gasteiger partial charge in [0, 0.05) is 18.3 Å². The van der Waals surface area contributed by atoms with Crippen LogP contribution in [-0.2, 0) is 4.79 Å². The van der Waals surface area contributed by atoms with Crippen molar-refractivity contribution in [1.82, 2.24) is 4.98 Å². The minimum absolute atomic E-state index is 0.0741. The average molecular weight is 184 g/mol. The molecule has 1 heterocycles. The van der Waals surface area contributed by atoms with Gasteiger partial charge in [-0.3, -0.25) is 9.78 Å². The molecule has 0 radical (unpaired) electrons. The van der Waals surface area contributed by atoms with Crippen LogP contribution in [0.3, 0.4) is 0 Å². The standard InChI is InChI=1S/C8H9FN2O2/c9-7-4-11-2-1-5(7)6(3-10)8(12)13/h1-2,4,6H,3,10H2,(H,12,13). The van der Waals surface area contributed by atoms with Crippen molar-refractivity contribution in [2.75, 3.05) is 6.54 Å². The summed E-state index contributed by atoms with van der Waals surface area (Å²) in [6, 6.07) is 1.32. The van der Waals surface area contributed by atoms with Gasteiger partial charge in [-0.25, -0.2) is 4.39 Å². The van der Waals surface area contributed by atoms with E-state index in [0.29, 0.717) is 0 Å². The Morgan fingerprint density at radius 2 is 2.46 bits per heavy atom. The molecule has 1 aromatic rings. The van der Waals surface area contributed by atoms with Gasteiger partial charge in [-0.1, -0.05) is 0 Å². The topological polar surface area (TPSA) is 76.2 Å². The molecular formula is C8H9FN2O2. The molecule has 0 saturated heterocycles. The fourth-order valence-corrected chi connectivity index (χ4v) is 1.03. The van der Waals surface area contributed by atoms with Gasteiger partial charge in [0.2, 0.25) is 0 Å². The van der Waals surface area contributed by atoms with Crippen molar-refractivity contribution in [3.05, 3.63) is 29.8 Å². The first-order chi connectivity index (χ1) is 6.16. The summed E-state index contributed by atoms with van der Waals surface area (Å²) in [5.74, 6) is -2.77. The highest BCUT2D eigenvalue weighted by Gasteiger charge is 2.20. The molecule has 0 saturated carbocycles. The van der Waals surface area contributed by atoms with E-state index >= 15 is 0 Å². The number of pyridine rings is 1. The predicted octanol–water partition coefficient (Wildman–Crippen LogP) is 0.348. The largest absolute Gasteiger partial charge is 0.481 e. The number of carboxylic acids is 1. The predicted molar refractivity (Wildman–Crippen MR) is 43.6 cm³/mol. The van der Waals surface area contributed by atoms with Gasteiger partial charge in [-0.15, -0.1) is 0 Å². The van der Waals surface area contributed by atoms with Crippen LogP contribution in [0.5, 0.6) is 0 Å². The number of aliphatic carboxylic acids is 1. The minimum Gasteiger partial charge on any atom is -0.481 e. The number of nitrogens with zero attached hydrogens (tertiary/aromatic N) is 1. The third kappa shape index (κ3) is 2.00. The number of nitrogens with two attached hydrogens (primary N) is 1. The molecule has 1 unspecified atom stereocenters. The molecule has 0 aliphatic carbocycles. The molecular weight excluding hydrogens is 175 g/mol. The van der Waals surface area contributed by atoms with E-state index in [4.69, 9.17) is 10.8 Å². The van der Waals surface area contributed by atoms with Crippen LogP contribution in [0.1, 0.15) is 11.5 Å². The molecule has 3 N–H and O–H groups in total. The molecule has 1 aromatic heterocycles. The number of hydrogen-bond donors (Lipinski definition) is 2. The van der Waals surface area contributed by atoms with Crippen LogP contribution in [0.25, 0.3) is 0 Å². The molecule has 0 aliphatic heterocycles. The molecule has 0 fully saturated rings. The lowest BCUT2D eigenvalue weighted by atomic mass is 10.0. The zero-order valence-electron chi connectivity index (χ0n) is 6.77. The van der Waals surface area contributed by atoms with Gasteiger partial charge in [0.15, 0.2) is 0 Å². The molecule has 0 bridgehead atoms. The van der Waals surface area contributed by atoms with Crippen LogP contribution < -0.4 is 5.73 Å². The van der Waals surface area contributed by atoms with Crippen LogP contribution in [0, 0.1) is 5.82 Å². The average Bonchev–Trinajstić information content (AvgIpc) is 2.09. The maximum Gasteiger partial charge on any atom is 0.312 e. The fourth-order valence-electron chi connectivity index (χ4n) is 1.03. The van der Waals surface area contributed by atoms with Crippen LogP contribution in [0.2, 0.25) is 0 Å². The smallest absolute Gasteiger partial charge is 0.312 e. The highest BCUT2D eigenvalue weighted by Crippen LogP contribution is 2.16. The van der Waals surface area contributed by atoms with E-state index < -0.39 is 17.7 Å². The Labute approximate surface area is 74.2 Å². The summed E-state index contributed by atoms with van der Waals surface area (Å²) in [5.41, 5.74) is 5.28. The Kier molecular flexibility index (Phi) is 2.92. The molecule has 0 spiro atoms. The Hall–Kier alpha value is -1.49. The van der Waals surface area contributed by atoms with Gasteiger partial charge in [0.05, 0.1) is 12.1 Å². The molecule has 1 rings (SSSR count). The van der Waals surface area contributed by atoms with E-state index in [9.17, 15) is 9.18 Å². The Morgan fingerprint density at radius 1 is 1.77 bits per heavy atom. The zero-order chi connectivity index (χ0) is 9.84. The molecule has 0 aliphatic rings. The maximum atomic E-state index is 13.0. The summed E-state index contributed by atoms with van der Waals surface area (Å²) >= 11 is 0. The summed E-state index contributed by atoms with van der Waals surface area (Å²) in [5, 5.41) is 8.68. The van der Waals surface area contributed by atoms with E-state index in [1.807, 2.05) is 0 Å². The molecule has 70 valence electrons. The van der Waals surface area contributed by atoms with Gasteiger partial charge in [-0.2, -0.15) is 0 Å². The number of aromatic nitrogens is 1. The van der Waals surface area contributed by atoms with Crippen molar-refractivity contribution in [2.45, 2.75) is 5.92 Å². The van der Waals surface area contributed by atoms with E-state index in [1.54, 1.807) is 0 Å². The first-order valence-corrected chi connectivity index (χ1v) is 3.69. The summed E-state index contributed by atoms with van der Waals surface area (Å²) < 4.78 is 13.0. The van der Waals surface area contributed by atoms with Gasteiger partial charge >= 0.3 is 5.97 Å². The van der Waals surface area contributed by atoms with E-state index in [2.05, 4.69) is 4.98 Å². The lowest BCUT2D eigenvalue weighted by molar-refractivity contribution is -0.138. The summed E-state index contributed by atoms with van der Waals surface area (Å²) in [6.07, 6.45) is 2.31. The Bertz CT molecular complexity index is 317. The quantitative estimate of drug-likeness (QED) is 0.710. The van der Waals surface area contributed by atoms with Crippen LogP contribution in [0.4, 0.5) is 4.39 Å². The Balaban J connectivity index is 3.04. The fraction of sp³-hybridized carbons (Fsp3) is 0.250. The molecule has 0 aromatic carbocycles. The van der Waals surface area contributed by atoms with Crippen molar-refractivity contribution >= 4 is 5.97 Å². The van der Waals surface area contributed by atoms with E-state index in [1.165, 1.54) is 12.3 Å². The maximum absolute atomic E-state index is 13.0. The third-order valence-electron chi connectivity index (χ3n) is 1.71. The van der Waals surface area contributed by atoms with Crippen LogP contribution in [-0.4, -0.2) is 22.6 Å².